The summed E-state index contributed by atoms with van der Waals surface area (Å²) in [5.74, 6) is -0.0443. The molecule has 0 aliphatic rings. The van der Waals surface area contributed by atoms with Gasteiger partial charge in [-0.05, 0) is 48.9 Å². The van der Waals surface area contributed by atoms with Gasteiger partial charge in [0.15, 0.2) is 0 Å². The molecule has 3 rings (SSSR count). The molecule has 0 unspecified atom stereocenters. The Balaban J connectivity index is 2.13. The molecule has 2 heterocycles. The van der Waals surface area contributed by atoms with Crippen LogP contribution >= 0.6 is 11.6 Å². The number of benzene rings is 1. The number of pyridine rings is 1. The molecule has 6 heteroatoms. The first-order valence-corrected chi connectivity index (χ1v) is 9.63. The molecule has 0 aliphatic heterocycles. The van der Waals surface area contributed by atoms with E-state index in [1.54, 1.807) is 0 Å². The number of hydrogen-bond acceptors (Lipinski definition) is 4. The van der Waals surface area contributed by atoms with Gasteiger partial charge >= 0.3 is 0 Å². The SMILES string of the molecule is CCc1ccc(Cl)c(CC)c1NC(=O)c1cc(C(C)C)nc2onc(C)c12. The molecule has 2 aromatic heterocycles. The highest BCUT2D eigenvalue weighted by molar-refractivity contribution is 6.32. The summed E-state index contributed by atoms with van der Waals surface area (Å²) in [4.78, 5) is 17.7. The predicted octanol–water partition coefficient (Wildman–Crippen LogP) is 5.69. The molecule has 0 aliphatic carbocycles. The van der Waals surface area contributed by atoms with Crippen molar-refractivity contribution in [3.05, 3.63) is 51.3 Å². The van der Waals surface area contributed by atoms with Crippen molar-refractivity contribution < 1.29 is 9.32 Å². The minimum Gasteiger partial charge on any atom is -0.336 e. The Labute approximate surface area is 164 Å². The quantitative estimate of drug-likeness (QED) is 0.613. The number of carbonyl (C=O) groups is 1. The summed E-state index contributed by atoms with van der Waals surface area (Å²) in [6.07, 6.45) is 1.53. The number of aromatic nitrogens is 2. The van der Waals surface area contributed by atoms with Crippen LogP contribution in [0.2, 0.25) is 5.02 Å². The zero-order valence-electron chi connectivity index (χ0n) is 16.3. The molecule has 3 aromatic rings. The minimum absolute atomic E-state index is 0.162. The first-order valence-electron chi connectivity index (χ1n) is 9.25. The third-order valence-corrected chi connectivity index (χ3v) is 5.14. The van der Waals surface area contributed by atoms with Gasteiger partial charge in [0.1, 0.15) is 0 Å². The predicted molar refractivity (Wildman–Crippen MR) is 109 cm³/mol. The monoisotopic (exact) mass is 385 g/mol. The number of rotatable bonds is 5. The Hall–Kier alpha value is -2.40. The number of nitrogens with zero attached hydrogens (tertiary/aromatic N) is 2. The summed E-state index contributed by atoms with van der Waals surface area (Å²) in [5, 5.41) is 8.39. The minimum atomic E-state index is -0.206. The summed E-state index contributed by atoms with van der Waals surface area (Å²) in [5.41, 5.74) is 5.15. The summed E-state index contributed by atoms with van der Waals surface area (Å²) in [7, 11) is 0. The van der Waals surface area contributed by atoms with Crippen LogP contribution in [-0.2, 0) is 12.8 Å². The molecule has 0 atom stereocenters. The maximum atomic E-state index is 13.2. The zero-order chi connectivity index (χ0) is 19.7. The lowest BCUT2D eigenvalue weighted by Crippen LogP contribution is -2.16. The molecule has 0 bridgehead atoms. The van der Waals surface area contributed by atoms with Crippen LogP contribution < -0.4 is 5.32 Å². The Morgan fingerprint density at radius 2 is 2.00 bits per heavy atom. The van der Waals surface area contributed by atoms with E-state index in [0.717, 1.165) is 35.3 Å². The summed E-state index contributed by atoms with van der Waals surface area (Å²) in [6, 6.07) is 5.68. The standard InChI is InChI=1S/C21H24ClN3O2/c1-6-13-8-9-16(22)14(7-2)19(13)24-20(26)15-10-17(11(3)4)23-21-18(15)12(5)25-27-21/h8-11H,6-7H2,1-5H3,(H,24,26). The molecule has 1 aromatic carbocycles. The van der Waals surface area contributed by atoms with Gasteiger partial charge in [-0.3, -0.25) is 4.79 Å². The number of halogens is 1. The Morgan fingerprint density at radius 1 is 1.26 bits per heavy atom. The number of hydrogen-bond donors (Lipinski definition) is 1. The lowest BCUT2D eigenvalue weighted by atomic mass is 10.0. The highest BCUT2D eigenvalue weighted by atomic mass is 35.5. The average molecular weight is 386 g/mol. The van der Waals surface area contributed by atoms with Gasteiger partial charge in [-0.25, -0.2) is 4.98 Å². The number of nitrogens with one attached hydrogen (secondary N) is 1. The molecule has 0 fully saturated rings. The van der Waals surface area contributed by atoms with E-state index in [0.29, 0.717) is 27.4 Å². The number of aryl methyl sites for hydroxylation is 2. The fraction of sp³-hybridized carbons (Fsp3) is 0.381. The van der Waals surface area contributed by atoms with Crippen molar-refractivity contribution in [3.8, 4) is 0 Å². The fourth-order valence-electron chi connectivity index (χ4n) is 3.24. The Kier molecular flexibility index (Phi) is 5.51. The van der Waals surface area contributed by atoms with Crippen molar-refractivity contribution in [3.63, 3.8) is 0 Å². The molecule has 1 amide bonds. The van der Waals surface area contributed by atoms with Crippen molar-refractivity contribution >= 4 is 34.3 Å². The number of amides is 1. The molecule has 1 N–H and O–H groups in total. The van der Waals surface area contributed by atoms with Crippen LogP contribution in [0.15, 0.2) is 22.7 Å². The van der Waals surface area contributed by atoms with Crippen LogP contribution in [0.25, 0.3) is 11.1 Å². The molecular weight excluding hydrogens is 362 g/mol. The van der Waals surface area contributed by atoms with E-state index in [2.05, 4.69) is 22.4 Å². The highest BCUT2D eigenvalue weighted by Crippen LogP contribution is 2.31. The molecule has 0 saturated carbocycles. The van der Waals surface area contributed by atoms with E-state index in [1.165, 1.54) is 0 Å². The second-order valence-corrected chi connectivity index (χ2v) is 7.33. The lowest BCUT2D eigenvalue weighted by molar-refractivity contribution is 0.102. The first kappa shape index (κ1) is 19.4. The van der Waals surface area contributed by atoms with Gasteiger partial charge in [0, 0.05) is 16.4 Å². The maximum absolute atomic E-state index is 13.2. The summed E-state index contributed by atoms with van der Waals surface area (Å²) >= 11 is 6.37. The van der Waals surface area contributed by atoms with Gasteiger partial charge < -0.3 is 9.84 Å². The molecule has 0 radical (unpaired) electrons. The van der Waals surface area contributed by atoms with Crippen LogP contribution in [0.3, 0.4) is 0 Å². The molecule has 5 nitrogen and oxygen atoms in total. The Morgan fingerprint density at radius 3 is 2.63 bits per heavy atom. The van der Waals surface area contributed by atoms with E-state index in [1.807, 2.05) is 45.9 Å². The fourth-order valence-corrected chi connectivity index (χ4v) is 3.53. The Bertz CT molecular complexity index is 1010. The van der Waals surface area contributed by atoms with Crippen LogP contribution in [0.5, 0.6) is 0 Å². The van der Waals surface area contributed by atoms with Crippen molar-refractivity contribution in [1.82, 2.24) is 10.1 Å². The van der Waals surface area contributed by atoms with Gasteiger partial charge in [-0.2, -0.15) is 0 Å². The normalized spacial score (nSPS) is 11.4. The summed E-state index contributed by atoms with van der Waals surface area (Å²) in [6.45, 7) is 9.96. The van der Waals surface area contributed by atoms with Gasteiger partial charge in [-0.1, -0.05) is 50.5 Å². The first-order chi connectivity index (χ1) is 12.9. The topological polar surface area (TPSA) is 68.0 Å². The summed E-state index contributed by atoms with van der Waals surface area (Å²) < 4.78 is 5.33. The van der Waals surface area contributed by atoms with E-state index < -0.39 is 0 Å². The van der Waals surface area contributed by atoms with Gasteiger partial charge in [-0.15, -0.1) is 0 Å². The van der Waals surface area contributed by atoms with Crippen molar-refractivity contribution in [2.75, 3.05) is 5.32 Å². The molecule has 142 valence electrons. The van der Waals surface area contributed by atoms with Crippen molar-refractivity contribution in [1.29, 1.82) is 0 Å². The van der Waals surface area contributed by atoms with Crippen LogP contribution in [0, 0.1) is 6.92 Å². The van der Waals surface area contributed by atoms with Gasteiger partial charge in [0.05, 0.1) is 16.6 Å². The third kappa shape index (κ3) is 3.56. The van der Waals surface area contributed by atoms with Crippen molar-refractivity contribution in [2.45, 2.75) is 53.4 Å². The van der Waals surface area contributed by atoms with E-state index >= 15 is 0 Å². The smallest absolute Gasteiger partial charge is 0.259 e. The van der Waals surface area contributed by atoms with Crippen LogP contribution in [0.1, 0.15) is 66.5 Å². The van der Waals surface area contributed by atoms with E-state index in [9.17, 15) is 4.79 Å². The van der Waals surface area contributed by atoms with Crippen LogP contribution in [-0.4, -0.2) is 16.0 Å². The average Bonchev–Trinajstić information content (AvgIpc) is 3.02. The third-order valence-electron chi connectivity index (χ3n) is 4.79. The van der Waals surface area contributed by atoms with E-state index in [4.69, 9.17) is 16.1 Å². The lowest BCUT2D eigenvalue weighted by Gasteiger charge is -2.16. The molecular formula is C21H24ClN3O2. The molecule has 0 saturated heterocycles. The number of carbonyl (C=O) groups excluding carboxylic acids is 1. The second-order valence-electron chi connectivity index (χ2n) is 6.92. The van der Waals surface area contributed by atoms with Gasteiger partial charge in [0.25, 0.3) is 11.6 Å². The molecule has 27 heavy (non-hydrogen) atoms. The molecule has 0 spiro atoms. The van der Waals surface area contributed by atoms with E-state index in [-0.39, 0.29) is 11.8 Å². The highest BCUT2D eigenvalue weighted by Gasteiger charge is 2.21. The maximum Gasteiger partial charge on any atom is 0.259 e. The largest absolute Gasteiger partial charge is 0.336 e. The van der Waals surface area contributed by atoms with Crippen molar-refractivity contribution in [2.24, 2.45) is 0 Å². The number of fused-ring (bicyclic) bond motifs is 1. The second kappa shape index (κ2) is 7.69. The van der Waals surface area contributed by atoms with Gasteiger partial charge in [0.2, 0.25) is 0 Å². The van der Waals surface area contributed by atoms with Crippen LogP contribution in [0.4, 0.5) is 5.69 Å². The zero-order valence-corrected chi connectivity index (χ0v) is 17.1. The number of anilines is 1.